The number of phenols is 5. The number of aromatic hydroxyl groups is 5. The van der Waals surface area contributed by atoms with Gasteiger partial charge in [0.15, 0.2) is 23.0 Å². The molecule has 0 spiro atoms. The predicted octanol–water partition coefficient (Wildman–Crippen LogP) is 0.805. The number of carbonyl (C=O) groups excluding carboxylic acids is 1. The molecule has 6 N–H and O–H groups in total. The molecule has 28 heavy (non-hydrogen) atoms. The van der Waals surface area contributed by atoms with Crippen molar-refractivity contribution in [3.05, 3.63) is 35.4 Å². The number of phenolic OH excluding ortho intramolecular Hbond substituents is 5. The molecule has 1 fully saturated rings. The van der Waals surface area contributed by atoms with Gasteiger partial charge >= 0.3 is 0 Å². The lowest BCUT2D eigenvalue weighted by Gasteiger charge is -2.34. The van der Waals surface area contributed by atoms with Gasteiger partial charge in [0.1, 0.15) is 35.0 Å². The van der Waals surface area contributed by atoms with Crippen LogP contribution in [0.1, 0.15) is 22.0 Å². The monoisotopic (exact) mass is 388 g/mol. The molecule has 0 bridgehead atoms. The van der Waals surface area contributed by atoms with E-state index in [1.165, 1.54) is 18.2 Å². The van der Waals surface area contributed by atoms with Crippen LogP contribution in [-0.4, -0.2) is 68.4 Å². The van der Waals surface area contributed by atoms with Crippen LogP contribution < -0.4 is 10.1 Å². The highest BCUT2D eigenvalue weighted by molar-refractivity contribution is 6.06. The van der Waals surface area contributed by atoms with Crippen molar-refractivity contribution in [1.29, 1.82) is 0 Å². The van der Waals surface area contributed by atoms with E-state index in [9.17, 15) is 30.3 Å². The van der Waals surface area contributed by atoms with E-state index in [0.717, 1.165) is 25.7 Å². The highest BCUT2D eigenvalue weighted by atomic mass is 16.5. The Labute approximate surface area is 160 Å². The van der Waals surface area contributed by atoms with Crippen LogP contribution in [0.25, 0.3) is 0 Å². The minimum atomic E-state index is -0.965. The fourth-order valence-electron chi connectivity index (χ4n) is 3.35. The highest BCUT2D eigenvalue weighted by Gasteiger charge is 2.40. The van der Waals surface area contributed by atoms with Crippen LogP contribution in [0.4, 0.5) is 0 Å². The maximum Gasteiger partial charge on any atom is 0.200 e. The lowest BCUT2D eigenvalue weighted by Crippen LogP contribution is -2.48. The summed E-state index contributed by atoms with van der Waals surface area (Å²) >= 11 is 0. The van der Waals surface area contributed by atoms with Crippen LogP contribution in [0.2, 0.25) is 0 Å². The number of rotatable bonds is 5. The summed E-state index contributed by atoms with van der Waals surface area (Å²) in [5.74, 6) is -2.91. The number of hydrogen-bond donors (Lipinski definition) is 6. The number of hydrogen-bond acceptors (Lipinski definition) is 9. The van der Waals surface area contributed by atoms with Gasteiger partial charge in [0.2, 0.25) is 0 Å². The van der Waals surface area contributed by atoms with Crippen molar-refractivity contribution in [2.45, 2.75) is 12.1 Å². The van der Waals surface area contributed by atoms with Crippen molar-refractivity contribution in [1.82, 2.24) is 10.2 Å². The molecule has 2 aromatic carbocycles. The number of ketones is 1. The zero-order valence-electron chi connectivity index (χ0n) is 14.8. The molecular formula is C19H20N2O7. The van der Waals surface area contributed by atoms with E-state index >= 15 is 0 Å². The first-order chi connectivity index (χ1) is 13.3. The fourth-order valence-corrected chi connectivity index (χ4v) is 3.35. The van der Waals surface area contributed by atoms with Crippen LogP contribution in [0.15, 0.2) is 24.3 Å². The molecule has 2 atom stereocenters. The van der Waals surface area contributed by atoms with Crippen molar-refractivity contribution in [3.63, 3.8) is 0 Å². The normalized spacial score (nSPS) is 21.2. The fraction of sp³-hybridized carbons (Fsp3) is 0.316. The van der Waals surface area contributed by atoms with Gasteiger partial charge in [-0.2, -0.15) is 0 Å². The minimum absolute atomic E-state index is 0.0106. The Hall–Kier alpha value is -3.17. The van der Waals surface area contributed by atoms with E-state index in [2.05, 4.69) is 10.2 Å². The molecule has 0 saturated carbocycles. The largest absolute Gasteiger partial charge is 0.508 e. The average Bonchev–Trinajstić information content (AvgIpc) is 3.44. The van der Waals surface area contributed by atoms with Gasteiger partial charge in [-0.15, -0.1) is 0 Å². The second-order valence-electron chi connectivity index (χ2n) is 6.92. The number of ether oxygens (including phenoxy) is 1. The van der Waals surface area contributed by atoms with Gasteiger partial charge in [-0.3, -0.25) is 9.69 Å². The van der Waals surface area contributed by atoms with E-state index in [1.807, 2.05) is 0 Å². The first-order valence-corrected chi connectivity index (χ1v) is 8.82. The first-order valence-electron chi connectivity index (χ1n) is 8.82. The Balaban J connectivity index is 1.73. The Kier molecular flexibility index (Phi) is 4.40. The zero-order valence-corrected chi connectivity index (χ0v) is 14.8. The van der Waals surface area contributed by atoms with Gasteiger partial charge in [0.25, 0.3) is 0 Å². The van der Waals surface area contributed by atoms with Gasteiger partial charge in [-0.05, 0) is 12.1 Å². The third-order valence-electron chi connectivity index (χ3n) is 4.90. The third-order valence-corrected chi connectivity index (χ3v) is 4.90. The van der Waals surface area contributed by atoms with Crippen molar-refractivity contribution < 1.29 is 35.1 Å². The van der Waals surface area contributed by atoms with E-state index < -0.39 is 40.9 Å². The molecular weight excluding hydrogens is 368 g/mol. The van der Waals surface area contributed by atoms with Crippen molar-refractivity contribution in [2.75, 3.05) is 26.2 Å². The van der Waals surface area contributed by atoms with Crippen molar-refractivity contribution >= 4 is 5.78 Å². The maximum atomic E-state index is 13.1. The van der Waals surface area contributed by atoms with Crippen LogP contribution in [0, 0.1) is 0 Å². The molecule has 9 heteroatoms. The molecule has 148 valence electrons. The van der Waals surface area contributed by atoms with Crippen LogP contribution in [0.5, 0.6) is 34.5 Å². The molecule has 4 rings (SSSR count). The molecule has 0 radical (unpaired) electrons. The average molecular weight is 388 g/mol. The lowest BCUT2D eigenvalue weighted by molar-refractivity contribution is 0.0726. The van der Waals surface area contributed by atoms with Crippen molar-refractivity contribution in [3.8, 4) is 34.5 Å². The summed E-state index contributed by atoms with van der Waals surface area (Å²) < 4.78 is 5.86. The molecule has 1 saturated heterocycles. The smallest absolute Gasteiger partial charge is 0.200 e. The predicted molar refractivity (Wildman–Crippen MR) is 97.1 cm³/mol. The number of carbonyl (C=O) groups is 1. The topological polar surface area (TPSA) is 142 Å². The highest BCUT2D eigenvalue weighted by Crippen LogP contribution is 2.44. The third kappa shape index (κ3) is 3.25. The minimum Gasteiger partial charge on any atom is -0.508 e. The number of Topliss-reactive ketones (excluding diaryl/α,β-unsaturated/α-hetero) is 1. The number of nitrogens with zero attached hydrogens (tertiary/aromatic N) is 1. The molecule has 2 aromatic rings. The number of nitrogens with one attached hydrogen (secondary N) is 1. The quantitative estimate of drug-likeness (QED) is 0.324. The van der Waals surface area contributed by atoms with Gasteiger partial charge in [-0.1, -0.05) is 0 Å². The van der Waals surface area contributed by atoms with Crippen LogP contribution in [-0.2, 0) is 0 Å². The van der Waals surface area contributed by atoms with Gasteiger partial charge in [-0.25, -0.2) is 0 Å². The van der Waals surface area contributed by atoms with Gasteiger partial charge in [0.05, 0.1) is 0 Å². The molecule has 0 aromatic heterocycles. The Morgan fingerprint density at radius 1 is 1.00 bits per heavy atom. The summed E-state index contributed by atoms with van der Waals surface area (Å²) in [6.45, 7) is 3.23. The summed E-state index contributed by atoms with van der Waals surface area (Å²) in [5, 5.41) is 52.2. The molecule has 2 heterocycles. The summed E-state index contributed by atoms with van der Waals surface area (Å²) in [6.07, 6.45) is -0.965. The number of fused-ring (bicyclic) bond motifs is 1. The summed E-state index contributed by atoms with van der Waals surface area (Å²) in [4.78, 5) is 15.3. The summed E-state index contributed by atoms with van der Waals surface area (Å²) in [5.41, 5.74) is 0.198. The van der Waals surface area contributed by atoms with E-state index in [4.69, 9.17) is 4.74 Å². The Morgan fingerprint density at radius 3 is 2.32 bits per heavy atom. The lowest BCUT2D eigenvalue weighted by atomic mass is 9.90. The maximum absolute atomic E-state index is 13.1. The SMILES string of the molecule is O=C1c2c(O)cc(O)cc2O[C@H](c2cc(O)c(O)c(O)c2)[C@@H]1NCCN1CC1. The molecule has 2 aliphatic heterocycles. The van der Waals surface area contributed by atoms with Crippen LogP contribution >= 0.6 is 0 Å². The van der Waals surface area contributed by atoms with Crippen LogP contribution in [0.3, 0.4) is 0 Å². The molecule has 0 unspecified atom stereocenters. The standard InChI is InChI=1S/C19H20N2O7/c22-10-7-11(23)15-14(8-10)28-19(9-5-12(24)17(26)13(25)6-9)16(18(15)27)20-1-2-21-3-4-21/h5-8,16,19-20,22-26H,1-4H2/t16-,19-/m1/s1. The summed E-state index contributed by atoms with van der Waals surface area (Å²) in [6, 6.07) is 3.75. The van der Waals surface area contributed by atoms with Gasteiger partial charge in [0, 0.05) is 43.9 Å². The van der Waals surface area contributed by atoms with E-state index in [-0.39, 0.29) is 22.6 Å². The van der Waals surface area contributed by atoms with E-state index in [1.54, 1.807) is 0 Å². The second-order valence-corrected chi connectivity index (χ2v) is 6.92. The molecule has 2 aliphatic rings. The van der Waals surface area contributed by atoms with E-state index in [0.29, 0.717) is 6.54 Å². The molecule has 0 aliphatic carbocycles. The molecule has 0 amide bonds. The Morgan fingerprint density at radius 2 is 1.68 bits per heavy atom. The van der Waals surface area contributed by atoms with Crippen molar-refractivity contribution in [2.24, 2.45) is 0 Å². The second kappa shape index (κ2) is 6.77. The zero-order chi connectivity index (χ0) is 20.0. The molecule has 9 nitrogen and oxygen atoms in total. The first kappa shape index (κ1) is 18.2. The number of benzene rings is 2. The van der Waals surface area contributed by atoms with Gasteiger partial charge < -0.3 is 35.6 Å². The summed E-state index contributed by atoms with van der Waals surface area (Å²) in [7, 11) is 0. The Bertz CT molecular complexity index is 919.